The number of ether oxygens (including phenoxy) is 1. The lowest BCUT2D eigenvalue weighted by molar-refractivity contribution is 0.0575. The lowest BCUT2D eigenvalue weighted by Gasteiger charge is -2.33. The summed E-state index contributed by atoms with van der Waals surface area (Å²) >= 11 is 0. The number of hydrogen-bond donors (Lipinski definition) is 1. The number of likely N-dealkylation sites (tertiary alicyclic amines) is 1. The summed E-state index contributed by atoms with van der Waals surface area (Å²) in [5, 5.41) is 18.6. The predicted octanol–water partition coefficient (Wildman–Crippen LogP) is 2.06. The Bertz CT molecular complexity index is 661. The first-order valence-corrected chi connectivity index (χ1v) is 8.82. The summed E-state index contributed by atoms with van der Waals surface area (Å²) in [5.41, 5.74) is 0. The smallest absolute Gasteiger partial charge is 0.137 e. The van der Waals surface area contributed by atoms with Crippen LogP contribution in [0.3, 0.4) is 0 Å². The molecule has 25 heavy (non-hydrogen) atoms. The molecular formula is C18H25FN4O2. The van der Waals surface area contributed by atoms with Crippen LogP contribution in [0.4, 0.5) is 4.39 Å². The van der Waals surface area contributed by atoms with Crippen molar-refractivity contribution < 1.29 is 14.2 Å². The zero-order chi connectivity index (χ0) is 17.6. The first kappa shape index (κ1) is 17.8. The topological polar surface area (TPSA) is 63.4 Å². The van der Waals surface area contributed by atoms with Crippen molar-refractivity contribution in [2.45, 2.75) is 38.3 Å². The second-order valence-corrected chi connectivity index (χ2v) is 6.49. The number of aromatic nitrogens is 3. The maximum atomic E-state index is 12.9. The molecule has 1 aromatic heterocycles. The van der Waals surface area contributed by atoms with Gasteiger partial charge in [0.05, 0.1) is 0 Å². The van der Waals surface area contributed by atoms with E-state index < -0.39 is 6.10 Å². The highest BCUT2D eigenvalue weighted by Gasteiger charge is 2.26. The minimum absolute atomic E-state index is 0.192. The molecule has 136 valence electrons. The van der Waals surface area contributed by atoms with Crippen LogP contribution in [0.2, 0.25) is 0 Å². The highest BCUT2D eigenvalue weighted by molar-refractivity contribution is 5.22. The van der Waals surface area contributed by atoms with E-state index in [4.69, 9.17) is 4.74 Å². The highest BCUT2D eigenvalue weighted by atomic mass is 19.1. The van der Waals surface area contributed by atoms with Gasteiger partial charge < -0.3 is 14.4 Å². The van der Waals surface area contributed by atoms with Crippen molar-refractivity contribution in [3.63, 3.8) is 0 Å². The van der Waals surface area contributed by atoms with E-state index in [2.05, 4.69) is 26.6 Å². The Labute approximate surface area is 147 Å². The number of nitrogens with zero attached hydrogens (tertiary/aromatic N) is 4. The van der Waals surface area contributed by atoms with Crippen LogP contribution in [0.5, 0.6) is 5.75 Å². The number of halogens is 1. The van der Waals surface area contributed by atoms with Crippen molar-refractivity contribution in [3.8, 4) is 5.75 Å². The monoisotopic (exact) mass is 348 g/mol. The summed E-state index contributed by atoms with van der Waals surface area (Å²) in [6, 6.07) is 5.83. The Morgan fingerprint density at radius 1 is 1.36 bits per heavy atom. The van der Waals surface area contributed by atoms with E-state index in [0.717, 1.165) is 38.3 Å². The van der Waals surface area contributed by atoms with Gasteiger partial charge in [-0.05, 0) is 50.6 Å². The molecule has 1 fully saturated rings. The molecule has 7 heteroatoms. The maximum Gasteiger partial charge on any atom is 0.137 e. The Hall–Kier alpha value is -1.99. The van der Waals surface area contributed by atoms with Gasteiger partial charge in [-0.1, -0.05) is 0 Å². The first-order valence-electron chi connectivity index (χ1n) is 8.82. The molecule has 0 spiro atoms. The maximum absolute atomic E-state index is 12.9. The second kappa shape index (κ2) is 8.40. The summed E-state index contributed by atoms with van der Waals surface area (Å²) in [6.45, 7) is 5.53. The summed E-state index contributed by atoms with van der Waals surface area (Å²) in [5.74, 6) is 1.64. The van der Waals surface area contributed by atoms with Crippen LogP contribution < -0.4 is 4.74 Å². The molecule has 6 nitrogen and oxygen atoms in total. The van der Waals surface area contributed by atoms with Crippen LogP contribution in [0, 0.1) is 5.82 Å². The number of aryl methyl sites for hydroxylation is 1. The standard InChI is InChI=1S/C18H25FN4O2/c1-2-23-13-20-21-18(23)14-4-3-9-22(10-14)11-16(24)12-25-17-7-5-15(19)6-8-17/h5-8,13-14,16,24H,2-4,9-12H2,1H3. The van der Waals surface area contributed by atoms with E-state index in [1.54, 1.807) is 18.5 Å². The molecule has 0 amide bonds. The largest absolute Gasteiger partial charge is 0.491 e. The lowest BCUT2D eigenvalue weighted by atomic mass is 9.97. The molecule has 3 rings (SSSR count). The van der Waals surface area contributed by atoms with E-state index in [-0.39, 0.29) is 12.4 Å². The van der Waals surface area contributed by atoms with Crippen molar-refractivity contribution >= 4 is 0 Å². The predicted molar refractivity (Wildman–Crippen MR) is 92.0 cm³/mol. The van der Waals surface area contributed by atoms with Gasteiger partial charge in [0.1, 0.15) is 36.4 Å². The molecule has 0 saturated carbocycles. The highest BCUT2D eigenvalue weighted by Crippen LogP contribution is 2.25. The van der Waals surface area contributed by atoms with Crippen molar-refractivity contribution in [3.05, 3.63) is 42.2 Å². The van der Waals surface area contributed by atoms with Crippen LogP contribution in [0.1, 0.15) is 31.5 Å². The molecule has 0 aliphatic carbocycles. The van der Waals surface area contributed by atoms with Gasteiger partial charge in [-0.2, -0.15) is 0 Å². The number of rotatable bonds is 7. The van der Waals surface area contributed by atoms with E-state index in [1.165, 1.54) is 12.1 Å². The molecule has 1 N–H and O–H groups in total. The average Bonchev–Trinajstić information content (AvgIpc) is 3.10. The van der Waals surface area contributed by atoms with Crippen molar-refractivity contribution in [1.29, 1.82) is 0 Å². The molecule has 0 radical (unpaired) electrons. The fourth-order valence-corrected chi connectivity index (χ4v) is 3.33. The lowest BCUT2D eigenvalue weighted by Crippen LogP contribution is -2.41. The van der Waals surface area contributed by atoms with Gasteiger partial charge in [0.2, 0.25) is 0 Å². The summed E-state index contributed by atoms with van der Waals surface area (Å²) in [7, 11) is 0. The summed E-state index contributed by atoms with van der Waals surface area (Å²) < 4.78 is 20.5. The first-order chi connectivity index (χ1) is 12.2. The van der Waals surface area contributed by atoms with Crippen LogP contribution in [-0.4, -0.2) is 57.1 Å². The number of hydrogen-bond acceptors (Lipinski definition) is 5. The van der Waals surface area contributed by atoms with Gasteiger partial charge in [-0.25, -0.2) is 4.39 Å². The third-order valence-electron chi connectivity index (χ3n) is 4.58. The zero-order valence-electron chi connectivity index (χ0n) is 14.5. The third kappa shape index (κ3) is 4.76. The summed E-state index contributed by atoms with van der Waals surface area (Å²) in [4.78, 5) is 2.25. The van der Waals surface area contributed by atoms with Crippen molar-refractivity contribution in [2.75, 3.05) is 26.2 Å². The molecule has 0 bridgehead atoms. The van der Waals surface area contributed by atoms with E-state index >= 15 is 0 Å². The van der Waals surface area contributed by atoms with Gasteiger partial charge in [0, 0.05) is 25.6 Å². The fraction of sp³-hybridized carbons (Fsp3) is 0.556. The summed E-state index contributed by atoms with van der Waals surface area (Å²) in [6.07, 6.45) is 3.36. The molecule has 1 saturated heterocycles. The molecule has 2 unspecified atom stereocenters. The molecular weight excluding hydrogens is 323 g/mol. The molecule has 1 aromatic carbocycles. The average molecular weight is 348 g/mol. The van der Waals surface area contributed by atoms with Crippen LogP contribution in [0.15, 0.2) is 30.6 Å². The minimum atomic E-state index is -0.590. The van der Waals surface area contributed by atoms with Gasteiger partial charge in [0.15, 0.2) is 0 Å². The van der Waals surface area contributed by atoms with E-state index in [0.29, 0.717) is 18.2 Å². The Kier molecular flexibility index (Phi) is 5.99. The van der Waals surface area contributed by atoms with Gasteiger partial charge in [-0.15, -0.1) is 10.2 Å². The zero-order valence-corrected chi connectivity index (χ0v) is 14.5. The quantitative estimate of drug-likeness (QED) is 0.830. The Morgan fingerprint density at radius 3 is 2.92 bits per heavy atom. The molecule has 1 aliphatic rings. The molecule has 1 aliphatic heterocycles. The Balaban J connectivity index is 1.49. The third-order valence-corrected chi connectivity index (χ3v) is 4.58. The van der Waals surface area contributed by atoms with Gasteiger partial charge >= 0.3 is 0 Å². The number of piperidine rings is 1. The fourth-order valence-electron chi connectivity index (χ4n) is 3.33. The van der Waals surface area contributed by atoms with E-state index in [9.17, 15) is 9.50 Å². The normalized spacial score (nSPS) is 19.7. The van der Waals surface area contributed by atoms with Gasteiger partial charge in [-0.3, -0.25) is 4.90 Å². The van der Waals surface area contributed by atoms with E-state index in [1.807, 2.05) is 0 Å². The van der Waals surface area contributed by atoms with Crippen LogP contribution >= 0.6 is 0 Å². The van der Waals surface area contributed by atoms with Crippen LogP contribution in [0.25, 0.3) is 0 Å². The minimum Gasteiger partial charge on any atom is -0.491 e. The molecule has 2 heterocycles. The number of β-amino-alcohol motifs (C(OH)–C–C–N with tert-alkyl or cyclic N) is 1. The second-order valence-electron chi connectivity index (χ2n) is 6.49. The molecule has 2 aromatic rings. The Morgan fingerprint density at radius 2 is 2.16 bits per heavy atom. The van der Waals surface area contributed by atoms with Crippen LogP contribution in [-0.2, 0) is 6.54 Å². The van der Waals surface area contributed by atoms with Crippen molar-refractivity contribution in [2.24, 2.45) is 0 Å². The number of aliphatic hydroxyl groups is 1. The molecule has 2 atom stereocenters. The number of benzene rings is 1. The number of aliphatic hydroxyl groups excluding tert-OH is 1. The van der Waals surface area contributed by atoms with Crippen molar-refractivity contribution in [1.82, 2.24) is 19.7 Å². The van der Waals surface area contributed by atoms with Gasteiger partial charge in [0.25, 0.3) is 0 Å². The SMILES string of the molecule is CCn1cnnc1C1CCCN(CC(O)COc2ccc(F)cc2)C1.